The Morgan fingerprint density at radius 1 is 1.03 bits per heavy atom. The largest absolute Gasteiger partial charge is 0.467 e. The molecule has 3 heterocycles. The van der Waals surface area contributed by atoms with Crippen LogP contribution in [0.1, 0.15) is 17.0 Å². The van der Waals surface area contributed by atoms with Crippen molar-refractivity contribution in [2.45, 2.75) is 20.1 Å². The number of fused-ring (bicyclic) bond motifs is 2. The molecule has 2 aromatic carbocycles. The lowest BCUT2D eigenvalue weighted by molar-refractivity contribution is 0.263. The molecule has 0 bridgehead atoms. The highest BCUT2D eigenvalue weighted by atomic mass is 19.1. The third-order valence-electron chi connectivity index (χ3n) is 4.68. The zero-order chi connectivity index (χ0) is 19.8. The summed E-state index contributed by atoms with van der Waals surface area (Å²) in [6.07, 6.45) is 0. The molecule has 144 valence electrons. The number of halogens is 1. The molecular weight excluding hydrogens is 373 g/mol. The van der Waals surface area contributed by atoms with Crippen LogP contribution in [0.25, 0.3) is 22.0 Å². The van der Waals surface area contributed by atoms with Gasteiger partial charge in [-0.2, -0.15) is 0 Å². The number of aromatic nitrogens is 5. The minimum atomic E-state index is -0.306. The minimum absolute atomic E-state index is 0.173. The van der Waals surface area contributed by atoms with Crippen LogP contribution in [-0.4, -0.2) is 25.2 Å². The summed E-state index contributed by atoms with van der Waals surface area (Å²) < 4.78 is 27.4. The van der Waals surface area contributed by atoms with Crippen LogP contribution in [0.15, 0.2) is 59.0 Å². The summed E-state index contributed by atoms with van der Waals surface area (Å²) in [6, 6.07) is 16.2. The maximum atomic E-state index is 14.1. The molecule has 0 saturated carbocycles. The highest BCUT2D eigenvalue weighted by Crippen LogP contribution is 2.26. The van der Waals surface area contributed by atoms with E-state index in [1.807, 2.05) is 30.3 Å². The van der Waals surface area contributed by atoms with Crippen LogP contribution < -0.4 is 4.74 Å². The van der Waals surface area contributed by atoms with E-state index in [-0.39, 0.29) is 24.8 Å². The van der Waals surface area contributed by atoms with Gasteiger partial charge < -0.3 is 9.15 Å². The highest BCUT2D eigenvalue weighted by molar-refractivity contribution is 5.81. The standard InChI is InChI=1S/C21H16FN5O2/c1-13-19-20(27(26-24-19)11-15-7-2-4-8-17(15)22)21(25-23-13)28-12-16-10-14-6-3-5-9-18(14)29-16/h2-10H,11-12H2,1H3. The number of benzene rings is 2. The molecule has 0 fully saturated rings. The van der Waals surface area contributed by atoms with Crippen LogP contribution in [0.2, 0.25) is 0 Å². The molecule has 5 aromatic rings. The van der Waals surface area contributed by atoms with E-state index in [9.17, 15) is 4.39 Å². The number of para-hydroxylation sites is 1. The van der Waals surface area contributed by atoms with Gasteiger partial charge in [-0.1, -0.05) is 41.6 Å². The average molecular weight is 389 g/mol. The van der Waals surface area contributed by atoms with Gasteiger partial charge >= 0.3 is 0 Å². The van der Waals surface area contributed by atoms with E-state index >= 15 is 0 Å². The molecule has 0 aliphatic rings. The first-order chi connectivity index (χ1) is 14.2. The van der Waals surface area contributed by atoms with Crippen molar-refractivity contribution < 1.29 is 13.5 Å². The number of hydrogen-bond acceptors (Lipinski definition) is 6. The van der Waals surface area contributed by atoms with Crippen molar-refractivity contribution in [2.75, 3.05) is 0 Å². The number of rotatable bonds is 5. The lowest BCUT2D eigenvalue weighted by Gasteiger charge is -2.08. The molecule has 5 rings (SSSR count). The number of nitrogens with zero attached hydrogens (tertiary/aromatic N) is 5. The Bertz CT molecular complexity index is 1290. The van der Waals surface area contributed by atoms with Crippen molar-refractivity contribution in [3.05, 3.63) is 77.4 Å². The molecular formula is C21H16FN5O2. The third-order valence-corrected chi connectivity index (χ3v) is 4.68. The van der Waals surface area contributed by atoms with Gasteiger partial charge in [-0.25, -0.2) is 9.07 Å². The fraction of sp³-hybridized carbons (Fsp3) is 0.143. The molecule has 0 aliphatic carbocycles. The molecule has 0 amide bonds. The van der Waals surface area contributed by atoms with Crippen LogP contribution in [0.4, 0.5) is 4.39 Å². The summed E-state index contributed by atoms with van der Waals surface area (Å²) >= 11 is 0. The molecule has 8 heteroatoms. The highest BCUT2D eigenvalue weighted by Gasteiger charge is 2.18. The number of aryl methyl sites for hydroxylation is 1. The normalized spacial score (nSPS) is 11.4. The molecule has 3 aromatic heterocycles. The van der Waals surface area contributed by atoms with E-state index in [1.165, 1.54) is 6.07 Å². The molecule has 0 radical (unpaired) electrons. The summed E-state index contributed by atoms with van der Waals surface area (Å²) in [5, 5.41) is 17.6. The molecule has 7 nitrogen and oxygen atoms in total. The predicted octanol–water partition coefficient (Wildman–Crippen LogP) is 4.04. The Labute approximate surface area is 164 Å². The van der Waals surface area contributed by atoms with E-state index in [0.29, 0.717) is 28.1 Å². The maximum Gasteiger partial charge on any atom is 0.262 e. The molecule has 0 aliphatic heterocycles. The number of ether oxygens (including phenoxy) is 1. The summed E-state index contributed by atoms with van der Waals surface area (Å²) in [6.45, 7) is 2.17. The third kappa shape index (κ3) is 3.18. The van der Waals surface area contributed by atoms with Crippen LogP contribution in [0.5, 0.6) is 5.88 Å². The van der Waals surface area contributed by atoms with E-state index in [4.69, 9.17) is 9.15 Å². The number of furan rings is 1. The lowest BCUT2D eigenvalue weighted by Crippen LogP contribution is -2.07. The van der Waals surface area contributed by atoms with Gasteiger partial charge in [0.15, 0.2) is 5.52 Å². The van der Waals surface area contributed by atoms with Crippen molar-refractivity contribution in [1.29, 1.82) is 0 Å². The summed E-state index contributed by atoms with van der Waals surface area (Å²) in [4.78, 5) is 0. The van der Waals surface area contributed by atoms with Crippen molar-refractivity contribution in [3.8, 4) is 5.88 Å². The first-order valence-corrected chi connectivity index (χ1v) is 9.09. The first-order valence-electron chi connectivity index (χ1n) is 9.09. The van der Waals surface area contributed by atoms with Gasteiger partial charge in [0, 0.05) is 10.9 Å². The molecule has 0 spiro atoms. The molecule has 0 N–H and O–H groups in total. The smallest absolute Gasteiger partial charge is 0.262 e. The van der Waals surface area contributed by atoms with Crippen molar-refractivity contribution >= 4 is 22.0 Å². The molecule has 0 atom stereocenters. The fourth-order valence-corrected chi connectivity index (χ4v) is 3.23. The van der Waals surface area contributed by atoms with Gasteiger partial charge in [0.25, 0.3) is 5.88 Å². The second-order valence-corrected chi connectivity index (χ2v) is 6.67. The molecule has 0 saturated heterocycles. The van der Waals surface area contributed by atoms with Crippen molar-refractivity contribution in [2.24, 2.45) is 0 Å². The van der Waals surface area contributed by atoms with Crippen molar-refractivity contribution in [3.63, 3.8) is 0 Å². The average Bonchev–Trinajstić information content (AvgIpc) is 3.34. The maximum absolute atomic E-state index is 14.1. The predicted molar refractivity (Wildman–Crippen MR) is 104 cm³/mol. The van der Waals surface area contributed by atoms with E-state index in [1.54, 1.807) is 29.8 Å². The van der Waals surface area contributed by atoms with Crippen LogP contribution in [0, 0.1) is 12.7 Å². The number of hydrogen-bond donors (Lipinski definition) is 0. The van der Waals surface area contributed by atoms with Gasteiger partial charge in [-0.3, -0.25) is 0 Å². The van der Waals surface area contributed by atoms with E-state index in [2.05, 4.69) is 20.5 Å². The monoisotopic (exact) mass is 389 g/mol. The topological polar surface area (TPSA) is 78.9 Å². The Morgan fingerprint density at radius 3 is 2.72 bits per heavy atom. The zero-order valence-corrected chi connectivity index (χ0v) is 15.5. The summed E-state index contributed by atoms with van der Waals surface area (Å²) in [7, 11) is 0. The van der Waals surface area contributed by atoms with Gasteiger partial charge in [-0.15, -0.1) is 15.3 Å². The minimum Gasteiger partial charge on any atom is -0.467 e. The Balaban J connectivity index is 1.49. The SMILES string of the molecule is Cc1nnc(OCc2cc3ccccc3o2)c2c1nnn2Cc1ccccc1F. The zero-order valence-electron chi connectivity index (χ0n) is 15.5. The molecule has 29 heavy (non-hydrogen) atoms. The molecule has 0 unspecified atom stereocenters. The van der Waals surface area contributed by atoms with Crippen LogP contribution in [-0.2, 0) is 13.2 Å². The van der Waals surface area contributed by atoms with Gasteiger partial charge in [0.1, 0.15) is 29.3 Å². The lowest BCUT2D eigenvalue weighted by atomic mass is 10.2. The van der Waals surface area contributed by atoms with Crippen LogP contribution in [0.3, 0.4) is 0 Å². The Morgan fingerprint density at radius 2 is 1.86 bits per heavy atom. The Hall–Kier alpha value is -3.81. The fourth-order valence-electron chi connectivity index (χ4n) is 3.23. The van der Waals surface area contributed by atoms with E-state index in [0.717, 1.165) is 11.0 Å². The van der Waals surface area contributed by atoms with Gasteiger partial charge in [-0.05, 0) is 25.1 Å². The summed E-state index contributed by atoms with van der Waals surface area (Å²) in [5.41, 5.74) is 3.04. The van der Waals surface area contributed by atoms with E-state index < -0.39 is 0 Å². The second kappa shape index (κ2) is 6.97. The first kappa shape index (κ1) is 17.3. The Kier molecular flexibility index (Phi) is 4.16. The summed E-state index contributed by atoms with van der Waals surface area (Å²) in [5.74, 6) is 0.627. The van der Waals surface area contributed by atoms with Crippen LogP contribution >= 0.6 is 0 Å². The van der Waals surface area contributed by atoms with Gasteiger partial charge in [0.2, 0.25) is 0 Å². The second-order valence-electron chi connectivity index (χ2n) is 6.67. The quantitative estimate of drug-likeness (QED) is 0.451. The van der Waals surface area contributed by atoms with Crippen molar-refractivity contribution in [1.82, 2.24) is 25.2 Å². The van der Waals surface area contributed by atoms with Gasteiger partial charge in [0.05, 0.1) is 12.2 Å².